The molecule has 1 fully saturated rings. The van der Waals surface area contributed by atoms with Crippen LogP contribution in [0.3, 0.4) is 0 Å². The quantitative estimate of drug-likeness (QED) is 0.736. The molecule has 1 N–H and O–H groups in total. The van der Waals surface area contributed by atoms with Gasteiger partial charge in [-0.05, 0) is 6.42 Å². The fraction of sp³-hybridized carbons (Fsp3) is 0.600. The molecule has 0 unspecified atom stereocenters. The van der Waals surface area contributed by atoms with E-state index in [1.54, 1.807) is 6.92 Å². The lowest BCUT2D eigenvalue weighted by atomic mass is 10.2. The van der Waals surface area contributed by atoms with Gasteiger partial charge in [-0.1, -0.05) is 6.92 Å². The molecule has 1 saturated heterocycles. The van der Waals surface area contributed by atoms with Gasteiger partial charge in [0, 0.05) is 25.1 Å². The molecule has 0 aliphatic carbocycles. The van der Waals surface area contributed by atoms with Crippen LogP contribution in [-0.4, -0.2) is 47.6 Å². The molecule has 10 nitrogen and oxygen atoms in total. The minimum Gasteiger partial charge on any atom is -0.458 e. The smallest absolute Gasteiger partial charge is 0.458 e. The molecule has 2 heterocycles. The van der Waals surface area contributed by atoms with Gasteiger partial charge in [0.2, 0.25) is 0 Å². The Balaban J connectivity index is 2.26. The molecular formula is C15H20N2O8. The number of hydrogen-bond acceptors (Lipinski definition) is 8. The standard InChI is InChI=1S/C15H20N2O8/c1-4-9-6-17(14(20)16-12(9)19)13-11(24-8(2)18)5-10(25-13)7-23-15(21)22-3/h6,10-11,13H,4-5,7H2,1-3H3,(H,16,19,20)/t10-,11+,13+/m0/s1. The molecule has 3 atom stereocenters. The van der Waals surface area contributed by atoms with Crippen molar-refractivity contribution in [2.24, 2.45) is 0 Å². The number of carbonyl (C=O) groups is 2. The number of carbonyl (C=O) groups excluding carboxylic acids is 2. The van der Waals surface area contributed by atoms with E-state index in [4.69, 9.17) is 14.2 Å². The van der Waals surface area contributed by atoms with E-state index in [1.165, 1.54) is 24.8 Å². The minimum absolute atomic E-state index is 0.125. The Hall–Kier alpha value is -2.62. The monoisotopic (exact) mass is 356 g/mol. The van der Waals surface area contributed by atoms with Gasteiger partial charge in [-0.2, -0.15) is 0 Å². The molecule has 1 aromatic rings. The summed E-state index contributed by atoms with van der Waals surface area (Å²) in [5.74, 6) is -0.540. The second-order valence-corrected chi connectivity index (χ2v) is 5.47. The normalized spacial score (nSPS) is 22.4. The van der Waals surface area contributed by atoms with Crippen LogP contribution in [0.4, 0.5) is 4.79 Å². The minimum atomic E-state index is -0.940. The lowest BCUT2D eigenvalue weighted by Gasteiger charge is -2.20. The number of nitrogens with zero attached hydrogens (tertiary/aromatic N) is 1. The summed E-state index contributed by atoms with van der Waals surface area (Å²) in [6.07, 6.45) is -1.17. The van der Waals surface area contributed by atoms with Crippen LogP contribution < -0.4 is 11.2 Å². The van der Waals surface area contributed by atoms with Gasteiger partial charge in [-0.3, -0.25) is 19.1 Å². The molecule has 0 amide bonds. The highest BCUT2D eigenvalue weighted by molar-refractivity contribution is 5.66. The summed E-state index contributed by atoms with van der Waals surface area (Å²) >= 11 is 0. The molecule has 0 saturated carbocycles. The number of H-pyrrole nitrogens is 1. The number of aromatic amines is 1. The van der Waals surface area contributed by atoms with E-state index in [1.807, 2.05) is 0 Å². The van der Waals surface area contributed by atoms with Gasteiger partial charge in [0.1, 0.15) is 12.7 Å². The largest absolute Gasteiger partial charge is 0.508 e. The lowest BCUT2D eigenvalue weighted by molar-refractivity contribution is -0.152. The van der Waals surface area contributed by atoms with Gasteiger partial charge < -0.3 is 18.9 Å². The van der Waals surface area contributed by atoms with Gasteiger partial charge in [-0.15, -0.1) is 0 Å². The van der Waals surface area contributed by atoms with Gasteiger partial charge in [-0.25, -0.2) is 9.59 Å². The number of nitrogens with one attached hydrogen (secondary N) is 1. The molecule has 138 valence electrons. The molecule has 1 aromatic heterocycles. The predicted octanol–water partition coefficient (Wildman–Crippen LogP) is 0.101. The molecule has 0 aromatic carbocycles. The van der Waals surface area contributed by atoms with E-state index in [0.717, 1.165) is 0 Å². The van der Waals surface area contributed by atoms with Crippen LogP contribution in [0, 0.1) is 0 Å². The lowest BCUT2D eigenvalue weighted by Crippen LogP contribution is -2.37. The number of rotatable bonds is 5. The maximum atomic E-state index is 12.1. The highest BCUT2D eigenvalue weighted by atomic mass is 16.7. The van der Waals surface area contributed by atoms with E-state index in [0.29, 0.717) is 12.0 Å². The van der Waals surface area contributed by atoms with Crippen LogP contribution in [0.5, 0.6) is 0 Å². The number of methoxy groups -OCH3 is 1. The summed E-state index contributed by atoms with van der Waals surface area (Å²) in [5, 5.41) is 0. The van der Waals surface area contributed by atoms with Crippen molar-refractivity contribution in [3.05, 3.63) is 32.6 Å². The van der Waals surface area contributed by atoms with Crippen LogP contribution in [0.25, 0.3) is 0 Å². The first-order valence-corrected chi connectivity index (χ1v) is 7.73. The van der Waals surface area contributed by atoms with Crippen LogP contribution in [0.15, 0.2) is 15.8 Å². The molecule has 1 aliphatic rings. The highest BCUT2D eigenvalue weighted by Gasteiger charge is 2.40. The van der Waals surface area contributed by atoms with Crippen molar-refractivity contribution < 1.29 is 28.5 Å². The third-order valence-electron chi connectivity index (χ3n) is 3.71. The third kappa shape index (κ3) is 4.47. The van der Waals surface area contributed by atoms with Crippen molar-refractivity contribution in [2.45, 2.75) is 45.1 Å². The predicted molar refractivity (Wildman–Crippen MR) is 83.1 cm³/mol. The maximum absolute atomic E-state index is 12.1. The van der Waals surface area contributed by atoms with E-state index in [-0.39, 0.29) is 13.0 Å². The second-order valence-electron chi connectivity index (χ2n) is 5.47. The number of aromatic nitrogens is 2. The second kappa shape index (κ2) is 7.97. The maximum Gasteiger partial charge on any atom is 0.508 e. The van der Waals surface area contributed by atoms with Crippen LogP contribution in [0.1, 0.15) is 32.1 Å². The molecule has 10 heteroatoms. The first-order valence-electron chi connectivity index (χ1n) is 7.73. The Morgan fingerprint density at radius 1 is 1.40 bits per heavy atom. The zero-order chi connectivity index (χ0) is 18.6. The zero-order valence-corrected chi connectivity index (χ0v) is 14.1. The Bertz CT molecular complexity index is 753. The van der Waals surface area contributed by atoms with Crippen molar-refractivity contribution in [3.8, 4) is 0 Å². The Morgan fingerprint density at radius 2 is 2.12 bits per heavy atom. The SMILES string of the molecule is CCc1cn([C@@H]2O[C@H](COC(=O)OC)C[C@H]2OC(C)=O)c(=O)[nH]c1=O. The first-order chi connectivity index (χ1) is 11.8. The highest BCUT2D eigenvalue weighted by Crippen LogP contribution is 2.30. The molecule has 1 aliphatic heterocycles. The Morgan fingerprint density at radius 3 is 2.72 bits per heavy atom. The summed E-state index contributed by atoms with van der Waals surface area (Å²) in [6, 6.07) is 0. The van der Waals surface area contributed by atoms with Crippen LogP contribution in [0.2, 0.25) is 0 Å². The molecule has 25 heavy (non-hydrogen) atoms. The fourth-order valence-electron chi connectivity index (χ4n) is 2.58. The summed E-state index contributed by atoms with van der Waals surface area (Å²) < 4.78 is 21.3. The molecule has 0 spiro atoms. The molecular weight excluding hydrogens is 336 g/mol. The average Bonchev–Trinajstić information content (AvgIpc) is 2.94. The Kier molecular flexibility index (Phi) is 5.97. The van der Waals surface area contributed by atoms with E-state index in [2.05, 4.69) is 9.72 Å². The summed E-state index contributed by atoms with van der Waals surface area (Å²) in [5.41, 5.74) is -0.769. The van der Waals surface area contributed by atoms with Crippen LogP contribution >= 0.6 is 0 Å². The number of hydrogen-bond donors (Lipinski definition) is 1. The molecule has 2 rings (SSSR count). The van der Waals surface area contributed by atoms with Crippen molar-refractivity contribution in [1.29, 1.82) is 0 Å². The van der Waals surface area contributed by atoms with Crippen molar-refractivity contribution >= 4 is 12.1 Å². The van der Waals surface area contributed by atoms with E-state index in [9.17, 15) is 19.2 Å². The van der Waals surface area contributed by atoms with Gasteiger partial charge in [0.25, 0.3) is 5.56 Å². The molecule has 0 radical (unpaired) electrons. The number of esters is 1. The number of aryl methyl sites for hydroxylation is 1. The Labute approximate surface area is 142 Å². The fourth-order valence-corrected chi connectivity index (χ4v) is 2.58. The van der Waals surface area contributed by atoms with Crippen molar-refractivity contribution in [1.82, 2.24) is 9.55 Å². The summed E-state index contributed by atoms with van der Waals surface area (Å²) in [7, 11) is 1.18. The average molecular weight is 356 g/mol. The van der Waals surface area contributed by atoms with E-state index < -0.39 is 41.8 Å². The zero-order valence-electron chi connectivity index (χ0n) is 14.1. The first kappa shape index (κ1) is 18.7. The third-order valence-corrected chi connectivity index (χ3v) is 3.71. The summed E-state index contributed by atoms with van der Waals surface area (Å²) in [6.45, 7) is 2.88. The van der Waals surface area contributed by atoms with Gasteiger partial charge >= 0.3 is 17.8 Å². The molecule has 0 bridgehead atoms. The topological polar surface area (TPSA) is 126 Å². The van der Waals surface area contributed by atoms with Crippen molar-refractivity contribution in [3.63, 3.8) is 0 Å². The summed E-state index contributed by atoms with van der Waals surface area (Å²) in [4.78, 5) is 48.4. The van der Waals surface area contributed by atoms with E-state index >= 15 is 0 Å². The van der Waals surface area contributed by atoms with Gasteiger partial charge in [0.05, 0.1) is 13.2 Å². The van der Waals surface area contributed by atoms with Gasteiger partial charge in [0.15, 0.2) is 6.23 Å². The van der Waals surface area contributed by atoms with Crippen molar-refractivity contribution in [2.75, 3.05) is 13.7 Å². The van der Waals surface area contributed by atoms with Crippen LogP contribution in [-0.2, 0) is 30.2 Å². The number of ether oxygens (including phenoxy) is 4.